The summed E-state index contributed by atoms with van der Waals surface area (Å²) in [7, 11) is 0. The van der Waals surface area contributed by atoms with E-state index in [2.05, 4.69) is 76.0 Å². The van der Waals surface area contributed by atoms with E-state index in [-0.39, 0.29) is 12.1 Å². The van der Waals surface area contributed by atoms with Crippen molar-refractivity contribution < 1.29 is 4.39 Å². The fraction of sp³-hybridized carbons (Fsp3) is 0.481. The summed E-state index contributed by atoms with van der Waals surface area (Å²) in [6.07, 6.45) is 4.34. The predicted octanol–water partition coefficient (Wildman–Crippen LogP) is 4.78. The highest BCUT2D eigenvalue weighted by atomic mass is 19.1. The topological polar surface area (TPSA) is 43.1 Å². The number of fused-ring (bicyclic) bond motifs is 3. The highest BCUT2D eigenvalue weighted by Crippen LogP contribution is 2.64. The van der Waals surface area contributed by atoms with Crippen molar-refractivity contribution in [3.05, 3.63) is 65.4 Å². The minimum absolute atomic E-state index is 0.145. The summed E-state index contributed by atoms with van der Waals surface area (Å²) in [6.45, 7) is 3.54. The van der Waals surface area contributed by atoms with Gasteiger partial charge < -0.3 is 15.6 Å². The van der Waals surface area contributed by atoms with Crippen molar-refractivity contribution in [3.8, 4) is 0 Å². The lowest BCUT2D eigenvalue weighted by atomic mass is 9.48. The third-order valence-electron chi connectivity index (χ3n) is 8.64. The van der Waals surface area contributed by atoms with E-state index in [9.17, 15) is 4.39 Å². The molecule has 0 unspecified atom stereocenters. The lowest BCUT2D eigenvalue weighted by Crippen LogP contribution is -2.71. The van der Waals surface area contributed by atoms with Crippen LogP contribution in [-0.2, 0) is 6.42 Å². The van der Waals surface area contributed by atoms with Crippen LogP contribution in [0.4, 0.5) is 10.1 Å². The van der Waals surface area contributed by atoms with Crippen molar-refractivity contribution in [2.75, 3.05) is 18.4 Å². The van der Waals surface area contributed by atoms with Crippen LogP contribution in [0.25, 0.3) is 10.9 Å². The average Bonchev–Trinajstić information content (AvgIpc) is 3.30. The fourth-order valence-corrected chi connectivity index (χ4v) is 7.04. The molecule has 4 atom stereocenters. The first-order valence-corrected chi connectivity index (χ1v) is 12.2. The van der Waals surface area contributed by atoms with Gasteiger partial charge in [-0.3, -0.25) is 4.90 Å². The largest absolute Gasteiger partial charge is 0.378 e. The Kier molecular flexibility index (Phi) is 4.07. The van der Waals surface area contributed by atoms with Crippen LogP contribution >= 0.6 is 0 Å². The van der Waals surface area contributed by atoms with Crippen LogP contribution in [0, 0.1) is 5.92 Å². The zero-order valence-corrected chi connectivity index (χ0v) is 18.6. The van der Waals surface area contributed by atoms with Gasteiger partial charge >= 0.3 is 0 Å². The third-order valence-corrected chi connectivity index (χ3v) is 8.64. The molecule has 8 rings (SSSR count). The Morgan fingerprint density at radius 2 is 1.81 bits per heavy atom. The van der Waals surface area contributed by atoms with Gasteiger partial charge in [-0.15, -0.1) is 0 Å². The molecule has 1 aromatic heterocycles. The number of rotatable bonds is 4. The second-order valence-electron chi connectivity index (χ2n) is 10.7. The number of halogens is 1. The molecule has 4 nitrogen and oxygen atoms in total. The summed E-state index contributed by atoms with van der Waals surface area (Å²) in [5, 5.41) is 7.88. The summed E-state index contributed by atoms with van der Waals surface area (Å²) < 4.78 is 14.1. The highest BCUT2D eigenvalue weighted by Gasteiger charge is 2.63. The molecule has 0 spiro atoms. The van der Waals surface area contributed by atoms with Crippen molar-refractivity contribution >= 4 is 16.6 Å². The van der Waals surface area contributed by atoms with E-state index in [1.807, 2.05) is 0 Å². The quantitative estimate of drug-likeness (QED) is 0.558. The molecular formula is C27H31FN4. The van der Waals surface area contributed by atoms with Crippen LogP contribution in [0.5, 0.6) is 0 Å². The second-order valence-corrected chi connectivity index (χ2v) is 10.7. The number of nitrogens with one attached hydrogen (secondary N) is 3. The van der Waals surface area contributed by atoms with Crippen LogP contribution in [0.2, 0.25) is 0 Å². The molecule has 2 bridgehead atoms. The summed E-state index contributed by atoms with van der Waals surface area (Å²) in [5.41, 5.74) is 6.83. The molecule has 0 amide bonds. The smallest absolute Gasteiger partial charge is 0.134 e. The van der Waals surface area contributed by atoms with Crippen molar-refractivity contribution in [2.24, 2.45) is 5.92 Å². The molecule has 5 aliphatic rings. The van der Waals surface area contributed by atoms with Gasteiger partial charge in [0.05, 0.1) is 12.1 Å². The number of aromatic amines is 1. The van der Waals surface area contributed by atoms with E-state index < -0.39 is 6.17 Å². The van der Waals surface area contributed by atoms with Crippen molar-refractivity contribution in [1.29, 1.82) is 0 Å². The van der Waals surface area contributed by atoms with E-state index in [1.54, 1.807) is 0 Å². The zero-order valence-electron chi connectivity index (χ0n) is 18.6. The van der Waals surface area contributed by atoms with Gasteiger partial charge in [-0.2, -0.15) is 0 Å². The number of para-hydroxylation sites is 1. The Morgan fingerprint density at radius 3 is 2.50 bits per heavy atom. The monoisotopic (exact) mass is 430 g/mol. The summed E-state index contributed by atoms with van der Waals surface area (Å²) in [5.74, 6) is 0.951. The lowest BCUT2D eigenvalue weighted by Gasteiger charge is -2.70. The maximum absolute atomic E-state index is 14.1. The lowest BCUT2D eigenvalue weighted by molar-refractivity contribution is -0.174. The molecule has 32 heavy (non-hydrogen) atoms. The zero-order chi connectivity index (χ0) is 21.4. The van der Waals surface area contributed by atoms with Crippen molar-refractivity contribution in [2.45, 2.75) is 62.4 Å². The number of alkyl halides is 1. The van der Waals surface area contributed by atoms with Gasteiger partial charge in [-0.25, -0.2) is 4.39 Å². The van der Waals surface area contributed by atoms with E-state index in [0.29, 0.717) is 24.7 Å². The first-order chi connectivity index (χ1) is 15.6. The molecule has 2 aliphatic heterocycles. The normalized spacial score (nSPS) is 35.9. The molecule has 3 aromatic rings. The number of anilines is 1. The van der Waals surface area contributed by atoms with Gasteiger partial charge in [0, 0.05) is 47.0 Å². The van der Waals surface area contributed by atoms with Crippen LogP contribution in [-0.4, -0.2) is 46.8 Å². The van der Waals surface area contributed by atoms with Gasteiger partial charge in [-0.05, 0) is 67.9 Å². The summed E-state index contributed by atoms with van der Waals surface area (Å²) in [4.78, 5) is 6.66. The molecule has 5 heteroatoms. The maximum Gasteiger partial charge on any atom is 0.134 e. The van der Waals surface area contributed by atoms with Crippen LogP contribution in [0.15, 0.2) is 48.5 Å². The Morgan fingerprint density at radius 1 is 1.03 bits per heavy atom. The number of H-pyrrole nitrogens is 1. The first-order valence-electron chi connectivity index (χ1n) is 12.2. The summed E-state index contributed by atoms with van der Waals surface area (Å²) in [6, 6.07) is 18.2. The van der Waals surface area contributed by atoms with Crippen LogP contribution in [0.3, 0.4) is 0 Å². The van der Waals surface area contributed by atoms with Gasteiger partial charge in [-0.1, -0.05) is 30.3 Å². The van der Waals surface area contributed by atoms with Crippen LogP contribution in [0.1, 0.15) is 49.0 Å². The minimum Gasteiger partial charge on any atom is -0.378 e. The SMILES string of the molecule is C[C@@H]1Cc2c([nH]c3ccccc23)[C@@H](c2ccc(N[C@@H]3CNC[C@@H]3F)cc2)N1C12CC(C1)C2. The number of hydrogen-bond donors (Lipinski definition) is 3. The second kappa shape index (κ2) is 6.82. The maximum atomic E-state index is 14.1. The predicted molar refractivity (Wildman–Crippen MR) is 127 cm³/mol. The van der Waals surface area contributed by atoms with E-state index in [0.717, 1.165) is 18.0 Å². The molecule has 3 heterocycles. The number of benzene rings is 2. The molecule has 0 radical (unpaired) electrons. The molecule has 1 saturated heterocycles. The Hall–Kier alpha value is -2.37. The standard InChI is InChI=1S/C27H31FN4/c1-16-10-21-20-4-2-3-5-23(20)31-25(21)26(32(16)27-11-17(12-27)13-27)18-6-8-19(9-7-18)30-24-15-29-14-22(24)28/h2-9,16-17,22,24,26,29-31H,10-15H2,1H3/t16-,17?,22+,24-,26-,27?/m1/s1. The molecule has 2 aromatic carbocycles. The minimum atomic E-state index is -0.831. The highest BCUT2D eigenvalue weighted by molar-refractivity contribution is 5.85. The third kappa shape index (κ3) is 2.67. The summed E-state index contributed by atoms with van der Waals surface area (Å²) >= 11 is 0. The van der Waals surface area contributed by atoms with Crippen LogP contribution < -0.4 is 10.6 Å². The molecule has 4 fully saturated rings. The van der Waals surface area contributed by atoms with E-state index in [4.69, 9.17) is 0 Å². The van der Waals surface area contributed by atoms with Crippen molar-refractivity contribution in [3.63, 3.8) is 0 Å². The molecular weight excluding hydrogens is 399 g/mol. The Bertz CT molecular complexity index is 1150. The van der Waals surface area contributed by atoms with Gasteiger partial charge in [0.2, 0.25) is 0 Å². The average molecular weight is 431 g/mol. The fourth-order valence-electron chi connectivity index (χ4n) is 7.04. The van der Waals surface area contributed by atoms with Gasteiger partial charge in [0.15, 0.2) is 0 Å². The molecule has 3 saturated carbocycles. The van der Waals surface area contributed by atoms with E-state index in [1.165, 1.54) is 47.0 Å². The Labute approximate surface area is 188 Å². The number of aromatic nitrogens is 1. The van der Waals surface area contributed by atoms with Gasteiger partial charge in [0.25, 0.3) is 0 Å². The molecule has 3 N–H and O–H groups in total. The Balaban J connectivity index is 1.29. The first kappa shape index (κ1) is 19.1. The number of nitrogens with zero attached hydrogens (tertiary/aromatic N) is 1. The van der Waals surface area contributed by atoms with Gasteiger partial charge in [0.1, 0.15) is 6.17 Å². The van der Waals surface area contributed by atoms with E-state index >= 15 is 0 Å². The molecule has 166 valence electrons. The van der Waals surface area contributed by atoms with Crippen molar-refractivity contribution in [1.82, 2.24) is 15.2 Å². The molecule has 3 aliphatic carbocycles. The number of hydrogen-bond acceptors (Lipinski definition) is 3.